The number of aliphatic hydroxyl groups excluding tert-OH is 1. The molecule has 0 saturated heterocycles. The number of amides is 1. The van der Waals surface area contributed by atoms with Gasteiger partial charge in [-0.15, -0.1) is 0 Å². The first-order chi connectivity index (χ1) is 37.0. The molecule has 8 nitrogen and oxygen atoms in total. The molecule has 0 spiro atoms. The Balaban J connectivity index is 4.21. The van der Waals surface area contributed by atoms with Crippen LogP contribution in [0, 0.1) is 0 Å². The number of aliphatic hydroxyl groups is 1. The molecule has 76 heavy (non-hydrogen) atoms. The summed E-state index contributed by atoms with van der Waals surface area (Å²) in [4.78, 5) is 25.6. The molecule has 2 N–H and O–H groups in total. The van der Waals surface area contributed by atoms with Gasteiger partial charge in [-0.25, -0.2) is 0 Å². The first kappa shape index (κ1) is 73.7. The lowest BCUT2D eigenvalue weighted by atomic mass is 10.0. The number of quaternary nitrogens is 1. The number of rotatable bonds is 58. The van der Waals surface area contributed by atoms with Crippen molar-refractivity contribution in [2.24, 2.45) is 0 Å². The maximum atomic E-state index is 13.0. The quantitative estimate of drug-likeness (QED) is 0.0272. The molecular formula is C67H123N2O6P. The normalized spacial score (nSPS) is 14.4. The van der Waals surface area contributed by atoms with Crippen molar-refractivity contribution in [2.75, 3.05) is 40.9 Å². The molecule has 0 fully saturated rings. The summed E-state index contributed by atoms with van der Waals surface area (Å²) in [7, 11) is 1.23. The molecule has 0 heterocycles. The monoisotopic (exact) mass is 1080 g/mol. The molecule has 0 radical (unpaired) electrons. The molecule has 3 unspecified atom stereocenters. The van der Waals surface area contributed by atoms with E-state index in [1.54, 1.807) is 6.08 Å². The summed E-state index contributed by atoms with van der Waals surface area (Å²) in [6.45, 7) is 4.53. The van der Waals surface area contributed by atoms with E-state index in [-0.39, 0.29) is 12.5 Å². The van der Waals surface area contributed by atoms with Crippen LogP contribution in [0.3, 0.4) is 0 Å². The fourth-order valence-electron chi connectivity index (χ4n) is 9.12. The lowest BCUT2D eigenvalue weighted by molar-refractivity contribution is -0.870. The van der Waals surface area contributed by atoms with Gasteiger partial charge in [0.15, 0.2) is 0 Å². The standard InChI is InChI=1S/C67H123N2O6P/c1-6-8-10-12-14-16-18-20-22-24-26-28-30-32-34-36-38-40-42-44-46-48-50-52-54-56-58-60-66(70)65(64-75-76(72,73)74-63-62-69(3,4)5)68-67(71)61-59-57-55-53-51-49-47-45-43-41-39-37-35-33-31-29-27-25-23-21-19-17-15-13-11-9-7-2/h9,11,15,17,21,23,27,29,42,44,50,52,58,60,65-66,70H,6-8,10,12-14,16,18-20,22,24-26,28,30-41,43,45-49,51,53-57,59,61-64H2,1-5H3,(H-,68,71,72,73)/b11-9-,17-15-,23-21-,29-27-,44-42+,52-50+,60-58+. The van der Waals surface area contributed by atoms with Crippen LogP contribution in [0.25, 0.3) is 0 Å². The molecular weight excluding hydrogens is 960 g/mol. The Hall–Kier alpha value is -2.32. The molecule has 0 saturated carbocycles. The number of hydrogen-bond acceptors (Lipinski definition) is 6. The highest BCUT2D eigenvalue weighted by Gasteiger charge is 2.23. The lowest BCUT2D eigenvalue weighted by Crippen LogP contribution is -2.45. The third-order valence-electron chi connectivity index (χ3n) is 14.1. The highest BCUT2D eigenvalue weighted by Crippen LogP contribution is 2.38. The Kier molecular flexibility index (Phi) is 55.6. The van der Waals surface area contributed by atoms with E-state index in [4.69, 9.17) is 9.05 Å². The van der Waals surface area contributed by atoms with E-state index in [0.29, 0.717) is 17.4 Å². The van der Waals surface area contributed by atoms with Crippen molar-refractivity contribution < 1.29 is 32.9 Å². The first-order valence-electron chi connectivity index (χ1n) is 31.9. The van der Waals surface area contributed by atoms with Crippen molar-refractivity contribution in [3.05, 3.63) is 85.1 Å². The van der Waals surface area contributed by atoms with E-state index in [1.807, 2.05) is 27.2 Å². The zero-order valence-corrected chi connectivity index (χ0v) is 51.3. The predicted molar refractivity (Wildman–Crippen MR) is 330 cm³/mol. The number of phosphoric ester groups is 1. The van der Waals surface area contributed by atoms with E-state index in [0.717, 1.165) is 70.6 Å². The SMILES string of the molecule is CC/C=C\C/C=C\C/C=C\C/C=C\CCCCCCCCCCCCCCCCC(=O)NC(COP(=O)([O-])OCC[N+](C)(C)C)C(O)/C=C/CC/C=C/CC/C=C/CCCCCCCCCCCCCCCCCCC. The van der Waals surface area contributed by atoms with Gasteiger partial charge in [0, 0.05) is 6.42 Å². The van der Waals surface area contributed by atoms with Gasteiger partial charge in [0.25, 0.3) is 7.82 Å². The Morgan fingerprint density at radius 2 is 0.816 bits per heavy atom. The number of nitrogens with zero attached hydrogens (tertiary/aromatic N) is 1. The van der Waals surface area contributed by atoms with Gasteiger partial charge in [-0.2, -0.15) is 0 Å². The van der Waals surface area contributed by atoms with Crippen LogP contribution in [0.2, 0.25) is 0 Å². The summed E-state index contributed by atoms with van der Waals surface area (Å²) in [5.74, 6) is -0.212. The average Bonchev–Trinajstić information content (AvgIpc) is 3.38. The largest absolute Gasteiger partial charge is 0.756 e. The maximum Gasteiger partial charge on any atom is 0.268 e. The van der Waals surface area contributed by atoms with Gasteiger partial charge in [0.05, 0.1) is 39.9 Å². The van der Waals surface area contributed by atoms with Gasteiger partial charge in [-0.3, -0.25) is 9.36 Å². The van der Waals surface area contributed by atoms with Crippen LogP contribution in [-0.2, 0) is 18.4 Å². The molecule has 0 aromatic rings. The Morgan fingerprint density at radius 1 is 0.474 bits per heavy atom. The van der Waals surface area contributed by atoms with Gasteiger partial charge in [-0.05, 0) is 83.5 Å². The molecule has 9 heteroatoms. The van der Waals surface area contributed by atoms with Gasteiger partial charge < -0.3 is 28.8 Å². The second kappa shape index (κ2) is 57.4. The number of likely N-dealkylation sites (N-methyl/N-ethyl adjacent to an activating group) is 1. The predicted octanol–water partition coefficient (Wildman–Crippen LogP) is 19.4. The molecule has 1 amide bonds. The van der Waals surface area contributed by atoms with E-state index in [2.05, 4.69) is 92.1 Å². The number of unbranched alkanes of at least 4 members (excludes halogenated alkanes) is 33. The highest BCUT2D eigenvalue weighted by atomic mass is 31.2. The zero-order chi connectivity index (χ0) is 55.6. The fourth-order valence-corrected chi connectivity index (χ4v) is 9.84. The van der Waals surface area contributed by atoms with E-state index >= 15 is 0 Å². The number of nitrogens with one attached hydrogen (secondary N) is 1. The van der Waals surface area contributed by atoms with Gasteiger partial charge in [-0.1, -0.05) is 279 Å². The van der Waals surface area contributed by atoms with Crippen LogP contribution in [0.1, 0.15) is 284 Å². The molecule has 0 bridgehead atoms. The van der Waals surface area contributed by atoms with E-state index < -0.39 is 26.6 Å². The average molecular weight is 1080 g/mol. The number of carbonyl (C=O) groups excluding carboxylic acids is 1. The van der Waals surface area contributed by atoms with Crippen LogP contribution in [0.4, 0.5) is 0 Å². The number of carbonyl (C=O) groups is 1. The number of allylic oxidation sites excluding steroid dienone is 13. The van der Waals surface area contributed by atoms with Crippen molar-refractivity contribution in [1.82, 2.24) is 5.32 Å². The molecule has 442 valence electrons. The van der Waals surface area contributed by atoms with Crippen LogP contribution >= 0.6 is 7.82 Å². The second-order valence-electron chi connectivity index (χ2n) is 22.7. The van der Waals surface area contributed by atoms with Crippen molar-refractivity contribution in [1.29, 1.82) is 0 Å². The number of phosphoric acid groups is 1. The zero-order valence-electron chi connectivity index (χ0n) is 50.4. The van der Waals surface area contributed by atoms with Crippen molar-refractivity contribution in [3.63, 3.8) is 0 Å². The third-order valence-corrected chi connectivity index (χ3v) is 15.0. The smallest absolute Gasteiger partial charge is 0.268 e. The second-order valence-corrected chi connectivity index (χ2v) is 24.1. The summed E-state index contributed by atoms with van der Waals surface area (Å²) in [5.41, 5.74) is 0. The number of hydrogen-bond donors (Lipinski definition) is 2. The molecule has 0 aliphatic carbocycles. The van der Waals surface area contributed by atoms with Crippen molar-refractivity contribution >= 4 is 13.7 Å². The topological polar surface area (TPSA) is 108 Å². The van der Waals surface area contributed by atoms with E-state index in [9.17, 15) is 19.4 Å². The van der Waals surface area contributed by atoms with Crippen LogP contribution in [0.15, 0.2) is 85.1 Å². The maximum absolute atomic E-state index is 13.0. The van der Waals surface area contributed by atoms with Crippen molar-refractivity contribution in [3.8, 4) is 0 Å². The van der Waals surface area contributed by atoms with Gasteiger partial charge >= 0.3 is 0 Å². The summed E-state index contributed by atoms with van der Waals surface area (Å²) in [5, 5.41) is 13.9. The summed E-state index contributed by atoms with van der Waals surface area (Å²) in [6.07, 6.45) is 81.1. The molecule has 0 aromatic carbocycles. The lowest BCUT2D eigenvalue weighted by Gasteiger charge is -2.29. The summed E-state index contributed by atoms with van der Waals surface area (Å²) >= 11 is 0. The summed E-state index contributed by atoms with van der Waals surface area (Å²) < 4.78 is 23.4. The third kappa shape index (κ3) is 59.3. The summed E-state index contributed by atoms with van der Waals surface area (Å²) in [6, 6.07) is -0.916. The molecule has 0 aliphatic heterocycles. The van der Waals surface area contributed by atoms with Crippen LogP contribution < -0.4 is 10.2 Å². The Labute approximate surface area is 471 Å². The Morgan fingerprint density at radius 3 is 1.22 bits per heavy atom. The fraction of sp³-hybridized carbons (Fsp3) is 0.776. The molecule has 0 rings (SSSR count). The minimum atomic E-state index is -4.62. The highest BCUT2D eigenvalue weighted by molar-refractivity contribution is 7.45. The first-order valence-corrected chi connectivity index (χ1v) is 33.4. The van der Waals surface area contributed by atoms with Crippen LogP contribution in [0.5, 0.6) is 0 Å². The van der Waals surface area contributed by atoms with E-state index in [1.165, 1.54) is 193 Å². The van der Waals surface area contributed by atoms with Crippen molar-refractivity contribution in [2.45, 2.75) is 296 Å². The minimum absolute atomic E-state index is 0.0118. The molecule has 0 aliphatic rings. The van der Waals surface area contributed by atoms with Gasteiger partial charge in [0.1, 0.15) is 13.2 Å². The minimum Gasteiger partial charge on any atom is -0.756 e. The van der Waals surface area contributed by atoms with Gasteiger partial charge in [0.2, 0.25) is 5.91 Å². The Bertz CT molecular complexity index is 1510. The molecule has 3 atom stereocenters. The van der Waals surface area contributed by atoms with Crippen LogP contribution in [-0.4, -0.2) is 68.5 Å². The molecule has 0 aromatic heterocycles.